The van der Waals surface area contributed by atoms with Crippen LogP contribution < -0.4 is 9.64 Å². The molecule has 142 valence electrons. The van der Waals surface area contributed by atoms with Gasteiger partial charge in [0.1, 0.15) is 5.75 Å². The Morgan fingerprint density at radius 2 is 2.15 bits per heavy atom. The second-order valence-electron chi connectivity index (χ2n) is 7.35. The van der Waals surface area contributed by atoms with Crippen molar-refractivity contribution in [2.24, 2.45) is 5.92 Å². The van der Waals surface area contributed by atoms with Gasteiger partial charge in [-0.3, -0.25) is 0 Å². The second-order valence-corrected chi connectivity index (χ2v) is 8.33. The number of benzene rings is 1. The van der Waals surface area contributed by atoms with Gasteiger partial charge >= 0.3 is 0 Å². The Morgan fingerprint density at radius 1 is 1.30 bits per heavy atom. The van der Waals surface area contributed by atoms with Gasteiger partial charge in [0, 0.05) is 5.92 Å². The number of tetrazole rings is 1. The lowest BCUT2D eigenvalue weighted by Gasteiger charge is -2.33. The number of ether oxygens (including phenoxy) is 1. The first-order valence-electron chi connectivity index (χ1n) is 9.51. The average molecular weight is 385 g/mol. The zero-order valence-corrected chi connectivity index (χ0v) is 16.7. The Kier molecular flexibility index (Phi) is 5.50. The maximum absolute atomic E-state index is 5.26. The van der Waals surface area contributed by atoms with E-state index < -0.39 is 0 Å². The van der Waals surface area contributed by atoms with Crippen LogP contribution in [0.1, 0.15) is 42.1 Å². The van der Waals surface area contributed by atoms with Crippen LogP contribution in [0.15, 0.2) is 41.8 Å². The summed E-state index contributed by atoms with van der Waals surface area (Å²) in [6, 6.07) is 12.6. The number of nitrogens with one attached hydrogen (secondary N) is 1. The SMILES string of the molecule is COc1ccc(Cn2nnnc2[C@H](c2cccs2)[NH+]2CCC[C@H](C)C2)cc1. The monoisotopic (exact) mass is 384 g/mol. The van der Waals surface area contributed by atoms with E-state index in [0.717, 1.165) is 29.6 Å². The van der Waals surface area contributed by atoms with Gasteiger partial charge in [-0.2, -0.15) is 0 Å². The van der Waals surface area contributed by atoms with Crippen molar-refractivity contribution < 1.29 is 9.64 Å². The van der Waals surface area contributed by atoms with Gasteiger partial charge in [-0.15, -0.1) is 16.4 Å². The summed E-state index contributed by atoms with van der Waals surface area (Å²) in [6.45, 7) is 5.35. The van der Waals surface area contributed by atoms with Crippen LogP contribution in [0.4, 0.5) is 0 Å². The maximum atomic E-state index is 5.26. The number of likely N-dealkylation sites (tertiary alicyclic amines) is 1. The number of aromatic nitrogens is 4. The number of piperidine rings is 1. The van der Waals surface area contributed by atoms with Gasteiger partial charge < -0.3 is 9.64 Å². The van der Waals surface area contributed by atoms with Crippen LogP contribution in [0.5, 0.6) is 5.75 Å². The number of hydrogen-bond donors (Lipinski definition) is 1. The van der Waals surface area contributed by atoms with Crippen molar-refractivity contribution in [3.8, 4) is 5.75 Å². The molecule has 0 amide bonds. The van der Waals surface area contributed by atoms with E-state index >= 15 is 0 Å². The predicted molar refractivity (Wildman–Crippen MR) is 105 cm³/mol. The van der Waals surface area contributed by atoms with E-state index in [1.165, 1.54) is 24.3 Å². The van der Waals surface area contributed by atoms with Crippen molar-refractivity contribution in [2.45, 2.75) is 32.4 Å². The van der Waals surface area contributed by atoms with Gasteiger partial charge in [-0.1, -0.05) is 25.1 Å². The molecule has 6 nitrogen and oxygen atoms in total. The highest BCUT2D eigenvalue weighted by Crippen LogP contribution is 2.24. The lowest BCUT2D eigenvalue weighted by atomic mass is 9.98. The minimum Gasteiger partial charge on any atom is -0.497 e. The normalized spacial score (nSPS) is 21.1. The van der Waals surface area contributed by atoms with E-state index in [1.807, 2.05) is 16.8 Å². The van der Waals surface area contributed by atoms with Crippen molar-refractivity contribution >= 4 is 11.3 Å². The Morgan fingerprint density at radius 3 is 2.85 bits per heavy atom. The van der Waals surface area contributed by atoms with Crippen LogP contribution in [-0.2, 0) is 6.54 Å². The largest absolute Gasteiger partial charge is 0.497 e. The van der Waals surface area contributed by atoms with E-state index in [9.17, 15) is 0 Å². The highest BCUT2D eigenvalue weighted by atomic mass is 32.1. The number of methoxy groups -OCH3 is 1. The molecule has 1 N–H and O–H groups in total. The molecule has 0 saturated carbocycles. The lowest BCUT2D eigenvalue weighted by molar-refractivity contribution is -0.934. The van der Waals surface area contributed by atoms with Crippen molar-refractivity contribution in [3.05, 3.63) is 58.0 Å². The first-order chi connectivity index (χ1) is 13.2. The van der Waals surface area contributed by atoms with E-state index in [1.54, 1.807) is 23.3 Å². The average Bonchev–Trinajstić information content (AvgIpc) is 3.36. The fourth-order valence-corrected chi connectivity index (χ4v) is 4.87. The molecule has 1 aromatic carbocycles. The Bertz CT molecular complexity index is 846. The van der Waals surface area contributed by atoms with Crippen molar-refractivity contribution in [2.75, 3.05) is 20.2 Å². The number of quaternary nitrogens is 1. The minimum atomic E-state index is 0.195. The van der Waals surface area contributed by atoms with Gasteiger partial charge in [-0.25, -0.2) is 4.68 Å². The van der Waals surface area contributed by atoms with Crippen LogP contribution in [0.25, 0.3) is 0 Å². The molecule has 3 aromatic rings. The van der Waals surface area contributed by atoms with E-state index in [-0.39, 0.29) is 6.04 Å². The van der Waals surface area contributed by atoms with Crippen LogP contribution >= 0.6 is 11.3 Å². The Balaban J connectivity index is 1.64. The second kappa shape index (κ2) is 8.19. The summed E-state index contributed by atoms with van der Waals surface area (Å²) in [7, 11) is 1.68. The summed E-state index contributed by atoms with van der Waals surface area (Å²) in [5.41, 5.74) is 1.16. The molecule has 1 aliphatic rings. The van der Waals surface area contributed by atoms with E-state index in [2.05, 4.69) is 52.1 Å². The van der Waals surface area contributed by atoms with Crippen LogP contribution in [0.2, 0.25) is 0 Å². The molecular weight excluding hydrogens is 358 g/mol. The molecule has 0 bridgehead atoms. The highest BCUT2D eigenvalue weighted by Gasteiger charge is 2.35. The molecule has 1 aliphatic heterocycles. The first-order valence-corrected chi connectivity index (χ1v) is 10.4. The van der Waals surface area contributed by atoms with Gasteiger partial charge in [0.05, 0.1) is 31.6 Å². The van der Waals surface area contributed by atoms with Gasteiger partial charge in [0.2, 0.25) is 5.82 Å². The third-order valence-corrected chi connectivity index (χ3v) is 6.29. The molecule has 4 rings (SSSR count). The van der Waals surface area contributed by atoms with Gasteiger partial charge in [-0.05, 0) is 52.4 Å². The number of nitrogens with zero attached hydrogens (tertiary/aromatic N) is 4. The molecular formula is C20H26N5OS+. The molecule has 2 aromatic heterocycles. The fourth-order valence-electron chi connectivity index (χ4n) is 3.99. The summed E-state index contributed by atoms with van der Waals surface area (Å²) >= 11 is 1.80. The quantitative estimate of drug-likeness (QED) is 0.708. The molecule has 3 atom stereocenters. The molecule has 1 unspecified atom stereocenters. The molecule has 3 heterocycles. The standard InChI is InChI=1S/C20H25N5OS/c1-15-5-3-11-24(13-15)19(18-6-4-12-27-18)20-21-22-23-25(20)14-16-7-9-17(26-2)10-8-16/h4,6-10,12,15,19H,3,5,11,13-14H2,1-2H3/p+1/t15-,19-/m0/s1. The fraction of sp³-hybridized carbons (Fsp3) is 0.450. The molecule has 0 spiro atoms. The summed E-state index contributed by atoms with van der Waals surface area (Å²) < 4.78 is 7.21. The molecule has 1 saturated heterocycles. The Hall–Kier alpha value is -2.25. The highest BCUT2D eigenvalue weighted by molar-refractivity contribution is 7.10. The molecule has 27 heavy (non-hydrogen) atoms. The van der Waals surface area contributed by atoms with Crippen molar-refractivity contribution in [1.82, 2.24) is 20.2 Å². The van der Waals surface area contributed by atoms with Crippen LogP contribution in [0, 0.1) is 5.92 Å². The maximum Gasteiger partial charge on any atom is 0.215 e. The van der Waals surface area contributed by atoms with E-state index in [4.69, 9.17) is 4.74 Å². The zero-order valence-electron chi connectivity index (χ0n) is 15.8. The van der Waals surface area contributed by atoms with E-state index in [0.29, 0.717) is 6.54 Å². The number of rotatable bonds is 6. The molecule has 0 aliphatic carbocycles. The lowest BCUT2D eigenvalue weighted by Crippen LogP contribution is -3.14. The van der Waals surface area contributed by atoms with Crippen molar-refractivity contribution in [1.29, 1.82) is 0 Å². The summed E-state index contributed by atoms with van der Waals surface area (Å²) in [4.78, 5) is 2.91. The summed E-state index contributed by atoms with van der Waals surface area (Å²) in [5.74, 6) is 2.55. The summed E-state index contributed by atoms with van der Waals surface area (Å²) in [6.07, 6.45) is 2.58. The third kappa shape index (κ3) is 4.04. The Labute approximate surface area is 163 Å². The molecule has 0 radical (unpaired) electrons. The molecule has 1 fully saturated rings. The van der Waals surface area contributed by atoms with Crippen molar-refractivity contribution in [3.63, 3.8) is 0 Å². The topological polar surface area (TPSA) is 57.3 Å². The minimum absolute atomic E-state index is 0.195. The predicted octanol–water partition coefficient (Wildman–Crippen LogP) is 2.20. The first kappa shape index (κ1) is 18.1. The van der Waals surface area contributed by atoms with Gasteiger partial charge in [0.25, 0.3) is 0 Å². The smallest absolute Gasteiger partial charge is 0.215 e. The summed E-state index contributed by atoms with van der Waals surface area (Å²) in [5, 5.41) is 15.0. The molecule has 7 heteroatoms. The number of thiophene rings is 1. The van der Waals surface area contributed by atoms with Crippen LogP contribution in [0.3, 0.4) is 0 Å². The number of hydrogen-bond acceptors (Lipinski definition) is 5. The zero-order chi connectivity index (χ0) is 18.6. The van der Waals surface area contributed by atoms with Crippen LogP contribution in [-0.4, -0.2) is 40.4 Å². The van der Waals surface area contributed by atoms with Gasteiger partial charge in [0.15, 0.2) is 6.04 Å². The third-order valence-electron chi connectivity index (χ3n) is 5.35.